The molecule has 0 saturated carbocycles. The average molecular weight is 367 g/mol. The Balaban J connectivity index is 1.89. The van der Waals surface area contributed by atoms with Crippen LogP contribution in [0.15, 0.2) is 24.3 Å². The van der Waals surface area contributed by atoms with Crippen LogP contribution in [0.1, 0.15) is 38.9 Å². The number of methoxy groups -OCH3 is 1. The lowest BCUT2D eigenvalue weighted by Gasteiger charge is -2.30. The highest BCUT2D eigenvalue weighted by molar-refractivity contribution is 6.33. The third-order valence-corrected chi connectivity index (χ3v) is 5.21. The van der Waals surface area contributed by atoms with Gasteiger partial charge in [0.25, 0.3) is 0 Å². The molecule has 1 aliphatic heterocycles. The van der Waals surface area contributed by atoms with Gasteiger partial charge >= 0.3 is 6.09 Å². The highest BCUT2D eigenvalue weighted by atomic mass is 16.5. The van der Waals surface area contributed by atoms with Crippen LogP contribution in [-0.2, 0) is 9.53 Å². The second-order valence-corrected chi connectivity index (χ2v) is 7.78. The van der Waals surface area contributed by atoms with E-state index in [1.807, 2.05) is 36.9 Å². The van der Waals surface area contributed by atoms with Crippen LogP contribution < -0.4 is 10.8 Å². The molecule has 7 heteroatoms. The van der Waals surface area contributed by atoms with Crippen molar-refractivity contribution in [3.8, 4) is 0 Å². The molecule has 2 N–H and O–H groups in total. The molecule has 27 heavy (non-hydrogen) atoms. The first-order chi connectivity index (χ1) is 12.8. The molecule has 2 amide bonds. The van der Waals surface area contributed by atoms with Crippen molar-refractivity contribution in [1.29, 1.82) is 0 Å². The lowest BCUT2D eigenvalue weighted by molar-refractivity contribution is -0.135. The van der Waals surface area contributed by atoms with Gasteiger partial charge in [-0.3, -0.25) is 4.79 Å². The van der Waals surface area contributed by atoms with Gasteiger partial charge < -0.3 is 19.9 Å². The number of hydrogen-bond donors (Lipinski definition) is 2. The summed E-state index contributed by atoms with van der Waals surface area (Å²) in [5.74, 6) is 0.250. The molecule has 1 saturated heterocycles. The predicted octanol–water partition coefficient (Wildman–Crippen LogP) is 2.25. The van der Waals surface area contributed by atoms with Crippen molar-refractivity contribution in [3.63, 3.8) is 0 Å². The van der Waals surface area contributed by atoms with Gasteiger partial charge in [0, 0.05) is 17.8 Å². The lowest BCUT2D eigenvalue weighted by atomic mass is 9.95. The SMILES string of the molecule is [B]c1ccc2cc([C@@H]3C[C@H](C)CN3C(=O)[C@@H](NC(=O)OC)C(C)C)[nH]c2c1. The zero-order valence-electron chi connectivity index (χ0n) is 16.3. The van der Waals surface area contributed by atoms with Gasteiger partial charge in [0.15, 0.2) is 0 Å². The topological polar surface area (TPSA) is 74.4 Å². The minimum absolute atomic E-state index is 0.0457. The molecule has 2 heterocycles. The highest BCUT2D eigenvalue weighted by Gasteiger charge is 2.39. The van der Waals surface area contributed by atoms with E-state index in [-0.39, 0.29) is 17.9 Å². The highest BCUT2D eigenvalue weighted by Crippen LogP contribution is 2.36. The number of ether oxygens (including phenoxy) is 1. The van der Waals surface area contributed by atoms with E-state index in [2.05, 4.69) is 28.0 Å². The van der Waals surface area contributed by atoms with Crippen molar-refractivity contribution in [3.05, 3.63) is 30.0 Å². The second-order valence-electron chi connectivity index (χ2n) is 7.78. The number of H-pyrrole nitrogens is 1. The predicted molar refractivity (Wildman–Crippen MR) is 106 cm³/mol. The van der Waals surface area contributed by atoms with Gasteiger partial charge in [-0.1, -0.05) is 38.4 Å². The summed E-state index contributed by atoms with van der Waals surface area (Å²) in [4.78, 5) is 30.2. The second kappa shape index (κ2) is 7.67. The summed E-state index contributed by atoms with van der Waals surface area (Å²) in [7, 11) is 7.18. The number of aromatic nitrogens is 1. The van der Waals surface area contributed by atoms with Gasteiger partial charge in [-0.05, 0) is 35.8 Å². The fraction of sp³-hybridized carbons (Fsp3) is 0.500. The third kappa shape index (κ3) is 3.97. The van der Waals surface area contributed by atoms with Gasteiger partial charge in [-0.15, -0.1) is 0 Å². The summed E-state index contributed by atoms with van der Waals surface area (Å²) < 4.78 is 4.69. The van der Waals surface area contributed by atoms with Crippen LogP contribution in [0.4, 0.5) is 4.79 Å². The Kier molecular flexibility index (Phi) is 5.49. The zero-order valence-corrected chi connectivity index (χ0v) is 16.3. The summed E-state index contributed by atoms with van der Waals surface area (Å²) >= 11 is 0. The van der Waals surface area contributed by atoms with E-state index in [4.69, 9.17) is 7.85 Å². The van der Waals surface area contributed by atoms with Crippen molar-refractivity contribution in [2.75, 3.05) is 13.7 Å². The number of rotatable bonds is 4. The molecular weight excluding hydrogens is 341 g/mol. The van der Waals surface area contributed by atoms with Crippen LogP contribution in [0.3, 0.4) is 0 Å². The molecule has 1 aliphatic rings. The largest absolute Gasteiger partial charge is 0.453 e. The van der Waals surface area contributed by atoms with Crippen molar-refractivity contribution < 1.29 is 14.3 Å². The number of hydrogen-bond acceptors (Lipinski definition) is 3. The fourth-order valence-corrected chi connectivity index (χ4v) is 3.81. The molecule has 1 fully saturated rings. The monoisotopic (exact) mass is 367 g/mol. The first-order valence-electron chi connectivity index (χ1n) is 9.33. The Morgan fingerprint density at radius 2 is 2.07 bits per heavy atom. The van der Waals surface area contributed by atoms with Crippen molar-refractivity contribution in [2.24, 2.45) is 11.8 Å². The number of fused-ring (bicyclic) bond motifs is 1. The molecule has 0 aliphatic carbocycles. The number of alkyl carbamates (subject to hydrolysis) is 1. The molecular formula is C20H26BN3O3. The Morgan fingerprint density at radius 1 is 1.33 bits per heavy atom. The zero-order chi connectivity index (χ0) is 19.7. The number of carbonyl (C=O) groups is 2. The molecule has 3 atom stereocenters. The molecule has 0 bridgehead atoms. The van der Waals surface area contributed by atoms with Crippen LogP contribution in [0, 0.1) is 11.8 Å². The van der Waals surface area contributed by atoms with E-state index in [0.29, 0.717) is 17.9 Å². The first-order valence-corrected chi connectivity index (χ1v) is 9.33. The third-order valence-electron chi connectivity index (χ3n) is 5.21. The summed E-state index contributed by atoms with van der Waals surface area (Å²) in [6.45, 7) is 6.63. The van der Waals surface area contributed by atoms with Gasteiger partial charge in [0.2, 0.25) is 5.91 Å². The maximum absolute atomic E-state index is 13.3. The lowest BCUT2D eigenvalue weighted by Crippen LogP contribution is -2.51. The van der Waals surface area contributed by atoms with Crippen LogP contribution in [-0.4, -0.2) is 49.4 Å². The van der Waals surface area contributed by atoms with Crippen LogP contribution in [0.25, 0.3) is 10.9 Å². The summed E-state index contributed by atoms with van der Waals surface area (Å²) in [5.41, 5.74) is 2.66. The quantitative estimate of drug-likeness (QED) is 0.814. The van der Waals surface area contributed by atoms with Gasteiger partial charge in [-0.25, -0.2) is 4.79 Å². The molecule has 1 aromatic heterocycles. The Morgan fingerprint density at radius 3 is 2.74 bits per heavy atom. The number of nitrogens with one attached hydrogen (secondary N) is 2. The fourth-order valence-electron chi connectivity index (χ4n) is 3.81. The molecule has 0 unspecified atom stereocenters. The summed E-state index contributed by atoms with van der Waals surface area (Å²) in [6, 6.07) is 7.15. The molecule has 0 spiro atoms. The minimum atomic E-state index is -0.620. The molecule has 1 aromatic carbocycles. The summed E-state index contributed by atoms with van der Waals surface area (Å²) in [6.07, 6.45) is 0.281. The first kappa shape index (κ1) is 19.3. The number of carbonyl (C=O) groups excluding carboxylic acids is 2. The van der Waals surface area contributed by atoms with Crippen molar-refractivity contribution >= 4 is 36.2 Å². The normalized spacial score (nSPS) is 20.9. The van der Waals surface area contributed by atoms with Gasteiger partial charge in [0.1, 0.15) is 13.9 Å². The minimum Gasteiger partial charge on any atom is -0.453 e. The number of amides is 2. The standard InChI is InChI=1S/C20H26BN3O3/c1-11(2)18(23-20(26)27-4)19(25)24-10-12(3)7-17(24)16-8-13-5-6-14(21)9-15(13)22-16/h5-6,8-9,11-12,17-18,22H,7,10H2,1-4H3,(H,23,26)/t12-,17-,18-/m0/s1. The molecule has 2 radical (unpaired) electrons. The number of aromatic amines is 1. The van der Waals surface area contributed by atoms with E-state index < -0.39 is 12.1 Å². The van der Waals surface area contributed by atoms with Crippen molar-refractivity contribution in [1.82, 2.24) is 15.2 Å². The summed E-state index contributed by atoms with van der Waals surface area (Å²) in [5, 5.41) is 3.75. The van der Waals surface area contributed by atoms with Crippen LogP contribution in [0.2, 0.25) is 0 Å². The molecule has 6 nitrogen and oxygen atoms in total. The Labute approximate surface area is 161 Å². The maximum atomic E-state index is 13.3. The number of likely N-dealkylation sites (tertiary alicyclic amines) is 1. The van der Waals surface area contributed by atoms with E-state index in [0.717, 1.165) is 23.0 Å². The van der Waals surface area contributed by atoms with Crippen LogP contribution >= 0.6 is 0 Å². The van der Waals surface area contributed by atoms with E-state index in [1.165, 1.54) is 7.11 Å². The van der Waals surface area contributed by atoms with Gasteiger partial charge in [-0.2, -0.15) is 0 Å². The Bertz CT molecular complexity index is 848. The van der Waals surface area contributed by atoms with E-state index in [1.54, 1.807) is 0 Å². The van der Waals surface area contributed by atoms with E-state index in [9.17, 15) is 9.59 Å². The average Bonchev–Trinajstić information content (AvgIpc) is 3.21. The van der Waals surface area contributed by atoms with Crippen LogP contribution in [0.5, 0.6) is 0 Å². The number of benzene rings is 1. The number of nitrogens with zero attached hydrogens (tertiary/aromatic N) is 1. The molecule has 2 aromatic rings. The van der Waals surface area contributed by atoms with Gasteiger partial charge in [0.05, 0.1) is 13.2 Å². The van der Waals surface area contributed by atoms with E-state index >= 15 is 0 Å². The Hall–Kier alpha value is -2.44. The maximum Gasteiger partial charge on any atom is 0.407 e. The smallest absolute Gasteiger partial charge is 0.407 e. The van der Waals surface area contributed by atoms with Crippen molar-refractivity contribution in [2.45, 2.75) is 39.3 Å². The molecule has 3 rings (SSSR count). The molecule has 142 valence electrons.